The van der Waals surface area contributed by atoms with Crippen molar-refractivity contribution < 1.29 is 14.3 Å². The molecule has 1 amide bonds. The predicted molar refractivity (Wildman–Crippen MR) is 77.5 cm³/mol. The van der Waals surface area contributed by atoms with Crippen molar-refractivity contribution in [3.63, 3.8) is 0 Å². The molecule has 0 radical (unpaired) electrons. The highest BCUT2D eigenvalue weighted by Gasteiger charge is 2.25. The van der Waals surface area contributed by atoms with E-state index in [1.807, 2.05) is 38.1 Å². The maximum absolute atomic E-state index is 12.2. The molecule has 0 aromatic heterocycles. The van der Waals surface area contributed by atoms with Gasteiger partial charge in [-0.25, -0.2) is 0 Å². The van der Waals surface area contributed by atoms with E-state index >= 15 is 0 Å². The van der Waals surface area contributed by atoms with Crippen LogP contribution in [0.1, 0.15) is 32.3 Å². The number of hydrogen-bond donors (Lipinski definition) is 0. The second kappa shape index (κ2) is 6.55. The molecule has 1 heterocycles. The molecule has 0 saturated heterocycles. The number of ether oxygens (including phenoxy) is 1. The van der Waals surface area contributed by atoms with Crippen LogP contribution >= 0.6 is 0 Å². The molecule has 0 unspecified atom stereocenters. The number of amides is 1. The van der Waals surface area contributed by atoms with E-state index in [1.54, 1.807) is 4.90 Å². The van der Waals surface area contributed by atoms with E-state index in [-0.39, 0.29) is 24.4 Å². The lowest BCUT2D eigenvalue weighted by atomic mass is 10.0. The topological polar surface area (TPSA) is 46.6 Å². The molecular weight excluding hydrogens is 254 g/mol. The van der Waals surface area contributed by atoms with Crippen molar-refractivity contribution >= 4 is 17.6 Å². The molecule has 108 valence electrons. The Kier molecular flexibility index (Phi) is 4.77. The summed E-state index contributed by atoms with van der Waals surface area (Å²) in [6.45, 7) is 4.41. The Morgan fingerprint density at radius 1 is 1.25 bits per heavy atom. The van der Waals surface area contributed by atoms with Gasteiger partial charge in [0.25, 0.3) is 5.91 Å². The van der Waals surface area contributed by atoms with Crippen LogP contribution in [-0.4, -0.2) is 25.0 Å². The minimum Gasteiger partial charge on any atom is -0.455 e. The van der Waals surface area contributed by atoms with Crippen LogP contribution in [0.4, 0.5) is 5.69 Å². The van der Waals surface area contributed by atoms with Crippen LogP contribution in [0.2, 0.25) is 0 Å². The predicted octanol–water partition coefficient (Wildman–Crippen LogP) is 2.56. The zero-order valence-corrected chi connectivity index (χ0v) is 12.1. The fourth-order valence-corrected chi connectivity index (χ4v) is 2.55. The Balaban J connectivity index is 1.92. The summed E-state index contributed by atoms with van der Waals surface area (Å²) in [6.07, 6.45) is 2.36. The summed E-state index contributed by atoms with van der Waals surface area (Å²) in [5, 5.41) is 0. The van der Waals surface area contributed by atoms with Gasteiger partial charge in [0.05, 0.1) is 5.92 Å². The fourth-order valence-electron chi connectivity index (χ4n) is 2.55. The number of carbonyl (C=O) groups excluding carboxylic acids is 2. The summed E-state index contributed by atoms with van der Waals surface area (Å²) in [5.41, 5.74) is 2.11. The monoisotopic (exact) mass is 275 g/mol. The summed E-state index contributed by atoms with van der Waals surface area (Å²) in [6, 6.07) is 7.85. The summed E-state index contributed by atoms with van der Waals surface area (Å²) in [4.78, 5) is 25.6. The number of nitrogens with zero attached hydrogens (tertiary/aromatic N) is 1. The minimum atomic E-state index is -0.268. The van der Waals surface area contributed by atoms with Crippen LogP contribution in [0.3, 0.4) is 0 Å². The highest BCUT2D eigenvalue weighted by molar-refractivity contribution is 5.97. The molecule has 1 aromatic rings. The van der Waals surface area contributed by atoms with Gasteiger partial charge in [0.2, 0.25) is 0 Å². The Morgan fingerprint density at radius 2 is 1.95 bits per heavy atom. The molecule has 0 spiro atoms. The van der Waals surface area contributed by atoms with Crippen molar-refractivity contribution in [3.05, 3.63) is 29.8 Å². The quantitative estimate of drug-likeness (QED) is 0.776. The normalized spacial score (nSPS) is 13.4. The molecule has 20 heavy (non-hydrogen) atoms. The molecule has 4 nitrogen and oxygen atoms in total. The van der Waals surface area contributed by atoms with Gasteiger partial charge < -0.3 is 9.64 Å². The third-order valence-corrected chi connectivity index (χ3v) is 3.85. The average Bonchev–Trinajstić information content (AvgIpc) is 2.90. The van der Waals surface area contributed by atoms with Gasteiger partial charge in [0, 0.05) is 12.2 Å². The van der Waals surface area contributed by atoms with Gasteiger partial charge in [-0.15, -0.1) is 0 Å². The molecule has 0 atom stereocenters. The second-order valence-corrected chi connectivity index (χ2v) is 5.05. The molecule has 0 aliphatic carbocycles. The van der Waals surface area contributed by atoms with Gasteiger partial charge in [-0.05, 0) is 30.9 Å². The number of esters is 1. The summed E-state index contributed by atoms with van der Waals surface area (Å²) in [5.74, 6) is -0.515. The van der Waals surface area contributed by atoms with Crippen molar-refractivity contribution in [3.8, 4) is 0 Å². The maximum atomic E-state index is 12.2. The maximum Gasteiger partial charge on any atom is 0.309 e. The van der Waals surface area contributed by atoms with E-state index in [1.165, 1.54) is 5.56 Å². The number of hydrogen-bond acceptors (Lipinski definition) is 3. The Labute approximate surface area is 119 Å². The number of fused-ring (bicyclic) bond motifs is 1. The Bertz CT molecular complexity index is 494. The smallest absolute Gasteiger partial charge is 0.309 e. The van der Waals surface area contributed by atoms with Gasteiger partial charge >= 0.3 is 5.97 Å². The second-order valence-electron chi connectivity index (χ2n) is 5.05. The average molecular weight is 275 g/mol. The first-order chi connectivity index (χ1) is 9.67. The van der Waals surface area contributed by atoms with E-state index < -0.39 is 0 Å². The van der Waals surface area contributed by atoms with Gasteiger partial charge in [0.15, 0.2) is 6.61 Å². The van der Waals surface area contributed by atoms with Crippen LogP contribution in [0.25, 0.3) is 0 Å². The largest absolute Gasteiger partial charge is 0.455 e. The van der Waals surface area contributed by atoms with E-state index in [0.29, 0.717) is 6.54 Å². The van der Waals surface area contributed by atoms with Crippen molar-refractivity contribution in [2.24, 2.45) is 5.92 Å². The number of rotatable bonds is 5. The van der Waals surface area contributed by atoms with Crippen molar-refractivity contribution in [2.75, 3.05) is 18.1 Å². The molecule has 1 aliphatic heterocycles. The van der Waals surface area contributed by atoms with Crippen LogP contribution in [0, 0.1) is 5.92 Å². The summed E-state index contributed by atoms with van der Waals surface area (Å²) >= 11 is 0. The standard InChI is InChI=1S/C16H21NO3/c1-3-12(4-2)16(19)20-11-15(18)17-10-9-13-7-5-6-8-14(13)17/h5-8,12H,3-4,9-11H2,1-2H3. The molecule has 1 aliphatic rings. The lowest BCUT2D eigenvalue weighted by Gasteiger charge is -2.18. The molecule has 0 N–H and O–H groups in total. The van der Waals surface area contributed by atoms with Crippen LogP contribution in [-0.2, 0) is 20.7 Å². The molecule has 1 aromatic carbocycles. The summed E-state index contributed by atoms with van der Waals surface area (Å²) < 4.78 is 5.15. The Morgan fingerprint density at radius 3 is 2.65 bits per heavy atom. The highest BCUT2D eigenvalue weighted by Crippen LogP contribution is 2.27. The zero-order valence-electron chi connectivity index (χ0n) is 12.1. The summed E-state index contributed by atoms with van der Waals surface area (Å²) in [7, 11) is 0. The van der Waals surface area contributed by atoms with Crippen molar-refractivity contribution in [1.29, 1.82) is 0 Å². The number of benzene rings is 1. The highest BCUT2D eigenvalue weighted by atomic mass is 16.5. The van der Waals surface area contributed by atoms with Crippen LogP contribution in [0.5, 0.6) is 0 Å². The third kappa shape index (κ3) is 3.00. The number of anilines is 1. The third-order valence-electron chi connectivity index (χ3n) is 3.85. The van der Waals surface area contributed by atoms with E-state index in [0.717, 1.165) is 24.9 Å². The van der Waals surface area contributed by atoms with Gasteiger partial charge in [0.1, 0.15) is 0 Å². The Hall–Kier alpha value is -1.84. The molecular formula is C16H21NO3. The minimum absolute atomic E-state index is 0.103. The van der Waals surface area contributed by atoms with E-state index in [4.69, 9.17) is 4.74 Å². The van der Waals surface area contributed by atoms with Gasteiger partial charge in [-0.3, -0.25) is 9.59 Å². The van der Waals surface area contributed by atoms with Gasteiger partial charge in [-0.2, -0.15) is 0 Å². The number of carbonyl (C=O) groups is 2. The van der Waals surface area contributed by atoms with Crippen LogP contribution in [0.15, 0.2) is 24.3 Å². The molecule has 2 rings (SSSR count). The number of para-hydroxylation sites is 1. The molecule has 0 fully saturated rings. The zero-order chi connectivity index (χ0) is 14.5. The molecule has 0 saturated carbocycles. The van der Waals surface area contributed by atoms with Crippen molar-refractivity contribution in [2.45, 2.75) is 33.1 Å². The lowest BCUT2D eigenvalue weighted by Crippen LogP contribution is -2.34. The first-order valence-electron chi connectivity index (χ1n) is 7.22. The first kappa shape index (κ1) is 14.6. The van der Waals surface area contributed by atoms with E-state index in [9.17, 15) is 9.59 Å². The molecule has 4 heteroatoms. The molecule has 0 bridgehead atoms. The SMILES string of the molecule is CCC(CC)C(=O)OCC(=O)N1CCc2ccccc21. The van der Waals surface area contributed by atoms with Crippen molar-refractivity contribution in [1.82, 2.24) is 0 Å². The van der Waals surface area contributed by atoms with E-state index in [2.05, 4.69) is 0 Å². The van der Waals surface area contributed by atoms with Gasteiger partial charge in [-0.1, -0.05) is 32.0 Å². The van der Waals surface area contributed by atoms with Crippen LogP contribution < -0.4 is 4.90 Å². The fraction of sp³-hybridized carbons (Fsp3) is 0.500. The lowest BCUT2D eigenvalue weighted by molar-refractivity contribution is -0.152. The first-order valence-corrected chi connectivity index (χ1v) is 7.22.